The lowest BCUT2D eigenvalue weighted by Gasteiger charge is -2.03. The fourth-order valence-corrected chi connectivity index (χ4v) is 2.47. The van der Waals surface area contributed by atoms with E-state index in [4.69, 9.17) is 0 Å². The highest BCUT2D eigenvalue weighted by Gasteiger charge is 2.16. The summed E-state index contributed by atoms with van der Waals surface area (Å²) in [7, 11) is 4.71. The normalized spacial score (nSPS) is 11.8. The van der Waals surface area contributed by atoms with Crippen molar-refractivity contribution < 1.29 is 0 Å². The first-order chi connectivity index (χ1) is 12.0. The number of hydrogen-bond donors (Lipinski definition) is 1. The van der Waals surface area contributed by atoms with Gasteiger partial charge in [-0.2, -0.15) is 10.1 Å². The molecule has 0 unspecified atom stereocenters. The maximum Gasteiger partial charge on any atom is 0.332 e. The minimum absolute atomic E-state index is 0.313. The van der Waals surface area contributed by atoms with Crippen molar-refractivity contribution in [3.63, 3.8) is 0 Å². The predicted octanol–water partition coefficient (Wildman–Crippen LogP) is 1.08. The zero-order valence-electron chi connectivity index (χ0n) is 14.2. The maximum absolute atomic E-state index is 12.3. The van der Waals surface area contributed by atoms with Gasteiger partial charge >= 0.3 is 5.69 Å². The molecule has 0 aliphatic rings. The smallest absolute Gasteiger partial charge is 0.306 e. The second kappa shape index (κ2) is 6.60. The fraction of sp³-hybridized carbons (Fsp3) is 0.176. The number of nitrogens with one attached hydrogen (secondary N) is 1. The topological polar surface area (TPSA) is 86.2 Å². The standard InChI is InChI=1S/C17H18N6O2/c1-21-13-14(22(2)17(25)23(3)15(13)24)19-16(21)20-18-11-7-10-12-8-5-4-6-9-12/h4-11H,1-3H3,(H,19,20). The van der Waals surface area contributed by atoms with E-state index in [1.165, 1.54) is 11.6 Å². The number of allylic oxidation sites excluding steroid dienone is 1. The van der Waals surface area contributed by atoms with Gasteiger partial charge in [0.1, 0.15) is 0 Å². The summed E-state index contributed by atoms with van der Waals surface area (Å²) in [5.74, 6) is 0.373. The van der Waals surface area contributed by atoms with Gasteiger partial charge in [0, 0.05) is 27.4 Å². The lowest BCUT2D eigenvalue weighted by molar-refractivity contribution is 0.705. The van der Waals surface area contributed by atoms with Gasteiger partial charge in [-0.3, -0.25) is 13.9 Å². The molecule has 8 heteroatoms. The van der Waals surface area contributed by atoms with Crippen molar-refractivity contribution in [1.29, 1.82) is 0 Å². The summed E-state index contributed by atoms with van der Waals surface area (Å²) in [6, 6.07) is 9.84. The van der Waals surface area contributed by atoms with E-state index in [-0.39, 0.29) is 0 Å². The summed E-state index contributed by atoms with van der Waals surface area (Å²) in [6.07, 6.45) is 5.29. The first kappa shape index (κ1) is 16.4. The van der Waals surface area contributed by atoms with E-state index >= 15 is 0 Å². The van der Waals surface area contributed by atoms with Crippen molar-refractivity contribution >= 4 is 29.4 Å². The van der Waals surface area contributed by atoms with Crippen molar-refractivity contribution in [1.82, 2.24) is 18.7 Å². The third kappa shape index (κ3) is 3.01. The molecule has 0 aliphatic carbocycles. The van der Waals surface area contributed by atoms with Crippen LogP contribution >= 0.6 is 0 Å². The third-order valence-electron chi connectivity index (χ3n) is 3.89. The molecule has 0 spiro atoms. The Bertz CT molecular complexity index is 1090. The molecule has 0 fully saturated rings. The molecule has 3 aromatic rings. The Kier molecular flexibility index (Phi) is 4.34. The highest BCUT2D eigenvalue weighted by Crippen LogP contribution is 2.12. The number of rotatable bonds is 4. The van der Waals surface area contributed by atoms with Gasteiger partial charge in [-0.25, -0.2) is 10.2 Å². The second-order valence-electron chi connectivity index (χ2n) is 5.53. The number of imidazole rings is 1. The summed E-state index contributed by atoms with van der Waals surface area (Å²) in [5.41, 5.74) is 3.69. The molecule has 0 atom stereocenters. The summed E-state index contributed by atoms with van der Waals surface area (Å²) in [5, 5.41) is 4.08. The largest absolute Gasteiger partial charge is 0.332 e. The number of hydrogen-bond acceptors (Lipinski definition) is 5. The highest BCUT2D eigenvalue weighted by molar-refractivity contribution is 5.79. The fourth-order valence-electron chi connectivity index (χ4n) is 2.47. The van der Waals surface area contributed by atoms with Crippen LogP contribution in [0.25, 0.3) is 17.2 Å². The van der Waals surface area contributed by atoms with E-state index in [0.29, 0.717) is 17.1 Å². The molecular weight excluding hydrogens is 320 g/mol. The lowest BCUT2D eigenvalue weighted by Crippen LogP contribution is -2.37. The Balaban J connectivity index is 1.87. The maximum atomic E-state index is 12.3. The Morgan fingerprint density at radius 3 is 2.48 bits per heavy atom. The molecule has 0 radical (unpaired) electrons. The predicted molar refractivity (Wildman–Crippen MR) is 98.8 cm³/mol. The van der Waals surface area contributed by atoms with Crippen LogP contribution in [0.5, 0.6) is 0 Å². The molecule has 0 saturated heterocycles. The zero-order valence-corrected chi connectivity index (χ0v) is 14.2. The van der Waals surface area contributed by atoms with Crippen molar-refractivity contribution in [2.24, 2.45) is 26.2 Å². The molecule has 2 heterocycles. The quantitative estimate of drug-likeness (QED) is 0.570. The molecule has 2 aromatic heterocycles. The van der Waals surface area contributed by atoms with E-state index in [9.17, 15) is 9.59 Å². The SMILES string of the molecule is Cn1c(=O)c2c(nc(NN=CC=Cc3ccccc3)n2C)n(C)c1=O. The van der Waals surface area contributed by atoms with Crippen LogP contribution in [0.1, 0.15) is 5.56 Å². The van der Waals surface area contributed by atoms with E-state index in [0.717, 1.165) is 10.1 Å². The van der Waals surface area contributed by atoms with Crippen LogP contribution in [0.15, 0.2) is 51.1 Å². The van der Waals surface area contributed by atoms with Crippen LogP contribution in [0.3, 0.4) is 0 Å². The van der Waals surface area contributed by atoms with Crippen LogP contribution in [-0.2, 0) is 21.1 Å². The summed E-state index contributed by atoms with van der Waals surface area (Å²) < 4.78 is 3.97. The van der Waals surface area contributed by atoms with Crippen LogP contribution in [0.4, 0.5) is 5.95 Å². The molecule has 0 amide bonds. The summed E-state index contributed by atoms with van der Waals surface area (Å²) in [4.78, 5) is 28.5. The molecule has 1 aromatic carbocycles. The number of fused-ring (bicyclic) bond motifs is 1. The Morgan fingerprint density at radius 1 is 1.04 bits per heavy atom. The Morgan fingerprint density at radius 2 is 1.76 bits per heavy atom. The van der Waals surface area contributed by atoms with Crippen molar-refractivity contribution in [3.05, 3.63) is 62.8 Å². The molecule has 0 aliphatic heterocycles. The van der Waals surface area contributed by atoms with Gasteiger partial charge in [0.05, 0.1) is 0 Å². The number of hydrazone groups is 1. The van der Waals surface area contributed by atoms with Crippen molar-refractivity contribution in [2.45, 2.75) is 0 Å². The molecule has 8 nitrogen and oxygen atoms in total. The van der Waals surface area contributed by atoms with Gasteiger partial charge < -0.3 is 4.57 Å². The van der Waals surface area contributed by atoms with Gasteiger partial charge in [0.2, 0.25) is 5.95 Å². The summed E-state index contributed by atoms with van der Waals surface area (Å²) >= 11 is 0. The van der Waals surface area contributed by atoms with Gasteiger partial charge in [-0.05, 0) is 11.6 Å². The minimum atomic E-state index is -0.420. The van der Waals surface area contributed by atoms with Crippen LogP contribution in [0, 0.1) is 0 Å². The zero-order chi connectivity index (χ0) is 18.0. The number of aromatic nitrogens is 4. The summed E-state index contributed by atoms with van der Waals surface area (Å²) in [6.45, 7) is 0. The van der Waals surface area contributed by atoms with Gasteiger partial charge in [-0.1, -0.05) is 36.4 Å². The van der Waals surface area contributed by atoms with Crippen molar-refractivity contribution in [2.75, 3.05) is 5.43 Å². The number of nitrogens with zero attached hydrogens (tertiary/aromatic N) is 5. The van der Waals surface area contributed by atoms with Crippen LogP contribution in [0.2, 0.25) is 0 Å². The molecule has 3 rings (SSSR count). The first-order valence-electron chi connectivity index (χ1n) is 7.64. The van der Waals surface area contributed by atoms with E-state index in [1.807, 2.05) is 36.4 Å². The number of aryl methyl sites for hydroxylation is 2. The Labute approximate surface area is 143 Å². The molecule has 0 bridgehead atoms. The van der Waals surface area contributed by atoms with E-state index in [2.05, 4.69) is 15.5 Å². The third-order valence-corrected chi connectivity index (χ3v) is 3.89. The lowest BCUT2D eigenvalue weighted by atomic mass is 10.2. The molecule has 1 N–H and O–H groups in total. The molecule has 128 valence electrons. The van der Waals surface area contributed by atoms with Crippen LogP contribution < -0.4 is 16.7 Å². The average molecular weight is 338 g/mol. The minimum Gasteiger partial charge on any atom is -0.306 e. The Hall–Kier alpha value is -3.42. The van der Waals surface area contributed by atoms with Gasteiger partial charge in [-0.15, -0.1) is 0 Å². The number of anilines is 1. The molecule has 25 heavy (non-hydrogen) atoms. The average Bonchev–Trinajstić information content (AvgIpc) is 2.95. The monoisotopic (exact) mass is 338 g/mol. The number of benzene rings is 1. The van der Waals surface area contributed by atoms with Crippen molar-refractivity contribution in [3.8, 4) is 0 Å². The van der Waals surface area contributed by atoms with Gasteiger partial charge in [0.15, 0.2) is 11.2 Å². The van der Waals surface area contributed by atoms with Crippen LogP contribution in [-0.4, -0.2) is 24.9 Å². The molecule has 0 saturated carbocycles. The van der Waals surface area contributed by atoms with Gasteiger partial charge in [0.25, 0.3) is 5.56 Å². The second-order valence-corrected chi connectivity index (χ2v) is 5.53. The highest BCUT2D eigenvalue weighted by atomic mass is 16.2. The molecular formula is C17H18N6O2. The van der Waals surface area contributed by atoms with E-state index < -0.39 is 11.2 Å². The first-order valence-corrected chi connectivity index (χ1v) is 7.64. The van der Waals surface area contributed by atoms with E-state index in [1.54, 1.807) is 31.0 Å².